The van der Waals surface area contributed by atoms with Crippen molar-refractivity contribution < 1.29 is 23.5 Å². The summed E-state index contributed by atoms with van der Waals surface area (Å²) in [5, 5.41) is 1.47. The summed E-state index contributed by atoms with van der Waals surface area (Å²) >= 11 is 12.0. The maximum absolute atomic E-state index is 13.5. The van der Waals surface area contributed by atoms with Gasteiger partial charge in [0.15, 0.2) is 0 Å². The Morgan fingerprint density at radius 1 is 0.882 bits per heavy atom. The van der Waals surface area contributed by atoms with Crippen LogP contribution in [-0.4, -0.2) is 24.6 Å². The van der Waals surface area contributed by atoms with E-state index in [1.807, 2.05) is 91.8 Å². The molecule has 3 aromatic carbocycles. The van der Waals surface area contributed by atoms with Crippen molar-refractivity contribution >= 4 is 35.5 Å². The van der Waals surface area contributed by atoms with E-state index in [0.29, 0.717) is 5.92 Å². The molecule has 0 aliphatic rings. The Hall–Kier alpha value is -3.19. The highest BCUT2D eigenvalue weighted by atomic mass is 35.5. The van der Waals surface area contributed by atoms with E-state index in [4.69, 9.17) is 43.2 Å². The van der Waals surface area contributed by atoms with Gasteiger partial charge in [0.1, 0.15) is 30.2 Å². The van der Waals surface area contributed by atoms with E-state index in [2.05, 4.69) is 46.8 Å². The molecule has 2 N–H and O–H groups in total. The van der Waals surface area contributed by atoms with Gasteiger partial charge in [0, 0.05) is 16.0 Å². The molecule has 2 unspecified atom stereocenters. The van der Waals surface area contributed by atoms with E-state index in [-0.39, 0.29) is 36.0 Å². The lowest BCUT2D eigenvalue weighted by molar-refractivity contribution is -0.158. The average Bonchev–Trinajstić information content (AvgIpc) is 3.06. The zero-order valence-corrected chi connectivity index (χ0v) is 35.1. The number of allylic oxidation sites excluding steroid dienone is 2. The highest BCUT2D eigenvalue weighted by Crippen LogP contribution is 2.34. The maximum Gasteiger partial charge on any atom is 0.308 e. The Balaban J connectivity index is 0. The Bertz CT molecular complexity index is 1480. The molecule has 0 aliphatic carbocycles. The van der Waals surface area contributed by atoms with Gasteiger partial charge in [-0.05, 0) is 144 Å². The number of nitrogens with two attached hydrogens (primary N) is 1. The van der Waals surface area contributed by atoms with E-state index >= 15 is 0 Å². The highest BCUT2D eigenvalue weighted by Gasteiger charge is 2.19. The summed E-state index contributed by atoms with van der Waals surface area (Å²) in [5.74, 6) is 1.07. The Labute approximate surface area is 319 Å². The Morgan fingerprint density at radius 3 is 1.88 bits per heavy atom. The Kier molecular flexibility index (Phi) is 26.0. The monoisotopic (exact) mass is 747 g/mol. The topological polar surface area (TPSA) is 78.6 Å². The first-order valence-corrected chi connectivity index (χ1v) is 18.5. The van der Waals surface area contributed by atoms with Gasteiger partial charge in [-0.3, -0.25) is 10.5 Å². The van der Waals surface area contributed by atoms with Gasteiger partial charge < -0.3 is 14.3 Å². The van der Waals surface area contributed by atoms with Crippen LogP contribution in [-0.2, 0) is 14.3 Å². The van der Waals surface area contributed by atoms with Crippen molar-refractivity contribution in [3.8, 4) is 5.75 Å². The molecule has 3 aromatic rings. The number of rotatable bonds is 9. The molecule has 0 spiro atoms. The van der Waals surface area contributed by atoms with Gasteiger partial charge in [-0.1, -0.05) is 88.5 Å². The smallest absolute Gasteiger partial charge is 0.308 e. The quantitative estimate of drug-likeness (QED) is 0.102. The summed E-state index contributed by atoms with van der Waals surface area (Å²) in [7, 11) is 0. The molecule has 0 amide bonds. The maximum atomic E-state index is 13.5. The largest absolute Gasteiger partial charge is 0.478 e. The van der Waals surface area contributed by atoms with Crippen molar-refractivity contribution in [2.45, 2.75) is 127 Å². The van der Waals surface area contributed by atoms with E-state index in [1.165, 1.54) is 24.1 Å². The van der Waals surface area contributed by atoms with Crippen LogP contribution in [0.3, 0.4) is 0 Å². The molecule has 5 nitrogen and oxygen atoms in total. The number of hydrogen-bond donors (Lipinski definition) is 1. The molecule has 0 fully saturated rings. The fourth-order valence-corrected chi connectivity index (χ4v) is 5.29. The van der Waals surface area contributed by atoms with Crippen LogP contribution in [0.1, 0.15) is 136 Å². The minimum atomic E-state index is -0.346. The van der Waals surface area contributed by atoms with Gasteiger partial charge >= 0.3 is 5.97 Å². The fraction of sp³-hybridized carbons (Fsp3) is 0.488. The van der Waals surface area contributed by atoms with E-state index in [9.17, 15) is 9.18 Å². The van der Waals surface area contributed by atoms with Crippen LogP contribution in [0, 0.1) is 25.6 Å². The molecule has 51 heavy (non-hydrogen) atoms. The van der Waals surface area contributed by atoms with Crippen molar-refractivity contribution in [2.75, 3.05) is 6.73 Å². The summed E-state index contributed by atoms with van der Waals surface area (Å²) in [5.41, 5.74) is 12.1. The molecule has 0 aromatic heterocycles. The van der Waals surface area contributed by atoms with Crippen molar-refractivity contribution in [2.24, 2.45) is 11.7 Å². The summed E-state index contributed by atoms with van der Waals surface area (Å²) in [6.45, 7) is 27.5. The van der Waals surface area contributed by atoms with E-state index in [1.54, 1.807) is 6.07 Å². The van der Waals surface area contributed by atoms with Crippen molar-refractivity contribution in [3.05, 3.63) is 110 Å². The van der Waals surface area contributed by atoms with Crippen molar-refractivity contribution in [1.29, 1.82) is 0 Å². The second-order valence-corrected chi connectivity index (χ2v) is 14.0. The molecule has 8 heteroatoms. The van der Waals surface area contributed by atoms with Crippen molar-refractivity contribution in [3.63, 3.8) is 0 Å². The van der Waals surface area contributed by atoms with Gasteiger partial charge in [-0.2, -0.15) is 0 Å². The molecular weight excluding hydrogens is 684 g/mol. The highest BCUT2D eigenvalue weighted by molar-refractivity contribution is 6.31. The second kappa shape index (κ2) is 26.6. The average molecular weight is 749 g/mol. The standard InChI is InChI=1S/C17H18ClF.C14H20ClNO.C8H16O2.C2H4O.C2H6/c1-4-15(16-8-6-13(18)9-12(16)3)17-10-14(19)7-5-11(17)2;1-4-10(2)7-11(3)13-8-12(15)5-6-14(13)17-9-16;1-6(2)7(9)10-8(3,4)5;1-2-3;1-2/h5-10,15H,4H2,1-3H3;4-6,8,11H,7,9,16H2,1-3H3;6H,1-5H3;2H,1H3;1-2H3/b;10-4+;;;. The number of benzene rings is 3. The van der Waals surface area contributed by atoms with Crippen LogP contribution < -0.4 is 10.5 Å². The first-order valence-electron chi connectivity index (χ1n) is 17.7. The van der Waals surface area contributed by atoms with Crippen molar-refractivity contribution in [1.82, 2.24) is 0 Å². The third-order valence-corrected chi connectivity index (χ3v) is 7.84. The lowest BCUT2D eigenvalue weighted by Gasteiger charge is -2.20. The molecule has 2 atom stereocenters. The third-order valence-electron chi connectivity index (χ3n) is 7.37. The predicted octanol–water partition coefficient (Wildman–Crippen LogP) is 12.9. The van der Waals surface area contributed by atoms with Gasteiger partial charge in [-0.25, -0.2) is 4.39 Å². The van der Waals surface area contributed by atoms with Crippen LogP contribution in [0.5, 0.6) is 5.75 Å². The number of hydrogen-bond acceptors (Lipinski definition) is 5. The summed E-state index contributed by atoms with van der Waals surface area (Å²) in [4.78, 5) is 19.7. The molecule has 0 saturated heterocycles. The van der Waals surface area contributed by atoms with E-state index < -0.39 is 0 Å². The molecule has 0 bridgehead atoms. The number of carbonyl (C=O) groups is 2. The lowest BCUT2D eigenvalue weighted by atomic mass is 9.84. The van der Waals surface area contributed by atoms with E-state index in [0.717, 1.165) is 57.2 Å². The molecule has 286 valence electrons. The molecule has 0 radical (unpaired) electrons. The number of carbonyl (C=O) groups excluding carboxylic acids is 2. The van der Waals surface area contributed by atoms with Crippen LogP contribution in [0.2, 0.25) is 10.0 Å². The number of halogens is 3. The summed E-state index contributed by atoms with van der Waals surface area (Å²) in [6.07, 6.45) is 4.81. The van der Waals surface area contributed by atoms with Gasteiger partial charge in [0.25, 0.3) is 0 Å². The first-order chi connectivity index (χ1) is 23.8. The molecule has 0 heterocycles. The normalized spacial score (nSPS) is 11.9. The lowest BCUT2D eigenvalue weighted by Crippen LogP contribution is -2.26. The number of esters is 1. The van der Waals surface area contributed by atoms with Crippen LogP contribution in [0.15, 0.2) is 66.2 Å². The zero-order chi connectivity index (χ0) is 39.9. The van der Waals surface area contributed by atoms with Crippen LogP contribution >= 0.6 is 23.2 Å². The third kappa shape index (κ3) is 20.4. The molecule has 0 aliphatic heterocycles. The number of aldehydes is 1. The van der Waals surface area contributed by atoms with Crippen LogP contribution in [0.25, 0.3) is 0 Å². The predicted molar refractivity (Wildman–Crippen MR) is 217 cm³/mol. The number of aryl methyl sites for hydroxylation is 2. The minimum Gasteiger partial charge on any atom is -0.478 e. The second-order valence-electron chi connectivity index (χ2n) is 13.1. The minimum absolute atomic E-state index is 0.0285. The first kappa shape index (κ1) is 49.9. The van der Waals surface area contributed by atoms with Gasteiger partial charge in [0.2, 0.25) is 0 Å². The molecule has 0 saturated carbocycles. The zero-order valence-electron chi connectivity index (χ0n) is 33.5. The SMILES string of the molecule is C/C=C(\C)CC(C)c1cc(Cl)ccc1OCN.CC.CC(C)C(=O)OC(C)(C)C.CC=O.CCC(c1ccc(Cl)cc1C)c1cc(F)ccc1C. The summed E-state index contributed by atoms with van der Waals surface area (Å²) < 4.78 is 24.0. The number of ether oxygens (including phenoxy) is 2. The molecule has 3 rings (SSSR count). The molecular formula is C43H64Cl2FNO4. The Morgan fingerprint density at radius 2 is 1.43 bits per heavy atom. The van der Waals surface area contributed by atoms with Crippen LogP contribution in [0.4, 0.5) is 4.39 Å². The fourth-order valence-electron chi connectivity index (χ4n) is 4.88. The summed E-state index contributed by atoms with van der Waals surface area (Å²) in [6, 6.07) is 16.6. The van der Waals surface area contributed by atoms with Gasteiger partial charge in [-0.15, -0.1) is 0 Å². The van der Waals surface area contributed by atoms with Gasteiger partial charge in [0.05, 0.1) is 5.92 Å².